The predicted octanol–water partition coefficient (Wildman–Crippen LogP) is -0.0960. The lowest BCUT2D eigenvalue weighted by Gasteiger charge is -2.06. The molecule has 0 atom stereocenters. The van der Waals surface area contributed by atoms with Crippen molar-refractivity contribution in [2.75, 3.05) is 20.1 Å². The van der Waals surface area contributed by atoms with E-state index in [0.29, 0.717) is 6.54 Å². The molecule has 9 heteroatoms. The van der Waals surface area contributed by atoms with Gasteiger partial charge in [0.25, 0.3) is 11.2 Å². The van der Waals surface area contributed by atoms with E-state index in [4.69, 9.17) is 0 Å². The first-order valence-electron chi connectivity index (χ1n) is 5.81. The Kier molecular flexibility index (Phi) is 8.18. The van der Waals surface area contributed by atoms with Crippen LogP contribution in [0.4, 0.5) is 5.69 Å². The second-order valence-electron chi connectivity index (χ2n) is 3.92. The third-order valence-corrected chi connectivity index (χ3v) is 2.42. The molecule has 0 fully saturated rings. The van der Waals surface area contributed by atoms with E-state index in [2.05, 4.69) is 10.6 Å². The highest BCUT2D eigenvalue weighted by Gasteiger charge is 2.10. The van der Waals surface area contributed by atoms with Crippen LogP contribution >= 0.6 is 12.4 Å². The fourth-order valence-electron chi connectivity index (χ4n) is 1.45. The molecular formula is C11H17ClN4O4. The minimum atomic E-state index is -0.610. The number of pyridine rings is 1. The van der Waals surface area contributed by atoms with E-state index in [1.54, 1.807) is 0 Å². The predicted molar refractivity (Wildman–Crippen MR) is 76.2 cm³/mol. The molecule has 0 bridgehead atoms. The minimum Gasteiger partial charge on any atom is -0.355 e. The average Bonchev–Trinajstić information content (AvgIpc) is 2.37. The molecule has 1 heterocycles. The van der Waals surface area contributed by atoms with Crippen LogP contribution in [0.3, 0.4) is 0 Å². The van der Waals surface area contributed by atoms with Gasteiger partial charge in [-0.3, -0.25) is 24.3 Å². The first-order chi connectivity index (χ1) is 9.04. The van der Waals surface area contributed by atoms with E-state index in [1.165, 1.54) is 0 Å². The van der Waals surface area contributed by atoms with Crippen molar-refractivity contribution in [3.63, 3.8) is 0 Å². The molecule has 1 rings (SSSR count). The number of carbonyl (C=O) groups excluding carboxylic acids is 1. The quantitative estimate of drug-likeness (QED) is 0.416. The summed E-state index contributed by atoms with van der Waals surface area (Å²) in [6.45, 7) is 1.04. The highest BCUT2D eigenvalue weighted by atomic mass is 35.5. The summed E-state index contributed by atoms with van der Waals surface area (Å²) in [6, 6.07) is 2.19. The molecule has 0 saturated carbocycles. The summed E-state index contributed by atoms with van der Waals surface area (Å²) in [6.07, 6.45) is 1.83. The summed E-state index contributed by atoms with van der Waals surface area (Å²) in [5.41, 5.74) is -0.668. The fraction of sp³-hybridized carbons (Fsp3) is 0.455. The molecule has 0 aliphatic rings. The maximum atomic E-state index is 11.5. The number of rotatable bonds is 7. The lowest BCUT2D eigenvalue weighted by molar-refractivity contribution is -0.385. The van der Waals surface area contributed by atoms with Crippen LogP contribution in [0.25, 0.3) is 0 Å². The molecule has 112 valence electrons. The number of aromatic nitrogens is 1. The van der Waals surface area contributed by atoms with Crippen molar-refractivity contribution in [3.8, 4) is 0 Å². The van der Waals surface area contributed by atoms with Gasteiger partial charge in [0.1, 0.15) is 6.54 Å². The van der Waals surface area contributed by atoms with Crippen molar-refractivity contribution in [2.24, 2.45) is 0 Å². The van der Waals surface area contributed by atoms with Gasteiger partial charge in [-0.1, -0.05) is 0 Å². The summed E-state index contributed by atoms with van der Waals surface area (Å²) in [4.78, 5) is 33.0. The van der Waals surface area contributed by atoms with Gasteiger partial charge in [0, 0.05) is 18.7 Å². The second-order valence-corrected chi connectivity index (χ2v) is 3.92. The van der Waals surface area contributed by atoms with Crippen LogP contribution in [0.5, 0.6) is 0 Å². The molecule has 0 spiro atoms. The summed E-state index contributed by atoms with van der Waals surface area (Å²) in [5.74, 6) is -0.348. The summed E-state index contributed by atoms with van der Waals surface area (Å²) in [5, 5.41) is 16.1. The lowest BCUT2D eigenvalue weighted by atomic mass is 10.4. The zero-order valence-corrected chi connectivity index (χ0v) is 11.8. The van der Waals surface area contributed by atoms with E-state index in [-0.39, 0.29) is 30.5 Å². The fourth-order valence-corrected chi connectivity index (χ4v) is 1.45. The van der Waals surface area contributed by atoms with Crippen molar-refractivity contribution in [1.29, 1.82) is 0 Å². The van der Waals surface area contributed by atoms with Crippen molar-refractivity contribution < 1.29 is 9.72 Å². The van der Waals surface area contributed by atoms with Crippen molar-refractivity contribution in [1.82, 2.24) is 15.2 Å². The summed E-state index contributed by atoms with van der Waals surface area (Å²) >= 11 is 0. The molecule has 8 nitrogen and oxygen atoms in total. The van der Waals surface area contributed by atoms with Gasteiger partial charge in [-0.15, -0.1) is 12.4 Å². The maximum Gasteiger partial charge on any atom is 0.285 e. The average molecular weight is 305 g/mol. The Bertz CT molecular complexity index is 517. The van der Waals surface area contributed by atoms with Gasteiger partial charge < -0.3 is 10.6 Å². The van der Waals surface area contributed by atoms with Crippen LogP contribution in [-0.4, -0.2) is 35.5 Å². The molecule has 0 aliphatic heterocycles. The molecule has 20 heavy (non-hydrogen) atoms. The lowest BCUT2D eigenvalue weighted by Crippen LogP contribution is -2.33. The Balaban J connectivity index is 0.00000361. The van der Waals surface area contributed by atoms with Crippen LogP contribution in [0.2, 0.25) is 0 Å². The van der Waals surface area contributed by atoms with Gasteiger partial charge in [0.2, 0.25) is 5.91 Å². The number of hydrogen-bond acceptors (Lipinski definition) is 5. The molecule has 0 aromatic carbocycles. The smallest absolute Gasteiger partial charge is 0.285 e. The van der Waals surface area contributed by atoms with Crippen LogP contribution in [0.15, 0.2) is 23.1 Å². The molecule has 0 saturated heterocycles. The van der Waals surface area contributed by atoms with Crippen molar-refractivity contribution in [3.05, 3.63) is 38.8 Å². The van der Waals surface area contributed by atoms with E-state index < -0.39 is 10.5 Å². The topological polar surface area (TPSA) is 106 Å². The second kappa shape index (κ2) is 9.05. The van der Waals surface area contributed by atoms with E-state index in [1.807, 2.05) is 7.05 Å². The van der Waals surface area contributed by atoms with E-state index in [9.17, 15) is 19.7 Å². The Hall–Kier alpha value is -1.93. The number of nitro groups is 1. The number of nitrogens with one attached hydrogen (secondary N) is 2. The van der Waals surface area contributed by atoms with Crippen molar-refractivity contribution >= 4 is 24.0 Å². The van der Waals surface area contributed by atoms with E-state index in [0.717, 1.165) is 35.9 Å². The monoisotopic (exact) mass is 304 g/mol. The zero-order valence-electron chi connectivity index (χ0n) is 11.0. The first kappa shape index (κ1) is 18.1. The maximum absolute atomic E-state index is 11.5. The number of amides is 1. The van der Waals surface area contributed by atoms with Crippen LogP contribution in [0.1, 0.15) is 6.42 Å². The molecule has 0 unspecified atom stereocenters. The Labute approximate surface area is 121 Å². The summed E-state index contributed by atoms with van der Waals surface area (Å²) in [7, 11) is 1.81. The van der Waals surface area contributed by atoms with Crippen molar-refractivity contribution in [2.45, 2.75) is 13.0 Å². The highest BCUT2D eigenvalue weighted by Crippen LogP contribution is 2.05. The SMILES string of the molecule is CNCCCNC(=O)Cn1cc([N+](=O)[O-])ccc1=O.Cl. The Morgan fingerprint density at radius 1 is 1.40 bits per heavy atom. The number of halogens is 1. The molecule has 1 amide bonds. The third kappa shape index (κ3) is 5.81. The molecule has 0 radical (unpaired) electrons. The number of hydrogen-bond donors (Lipinski definition) is 2. The third-order valence-electron chi connectivity index (χ3n) is 2.42. The van der Waals surface area contributed by atoms with Gasteiger partial charge in [-0.25, -0.2) is 0 Å². The van der Waals surface area contributed by atoms with Gasteiger partial charge >= 0.3 is 0 Å². The molecular weight excluding hydrogens is 288 g/mol. The molecule has 0 aliphatic carbocycles. The largest absolute Gasteiger partial charge is 0.355 e. The molecule has 1 aromatic rings. The van der Waals surface area contributed by atoms with Crippen LogP contribution < -0.4 is 16.2 Å². The summed E-state index contributed by atoms with van der Waals surface area (Å²) < 4.78 is 1.02. The Morgan fingerprint density at radius 2 is 2.10 bits per heavy atom. The number of carbonyl (C=O) groups is 1. The van der Waals surface area contributed by atoms with Crippen LogP contribution in [0, 0.1) is 10.1 Å². The van der Waals surface area contributed by atoms with Gasteiger partial charge in [0.05, 0.1) is 11.1 Å². The molecule has 2 N–H and O–H groups in total. The van der Waals surface area contributed by atoms with Gasteiger partial charge in [-0.05, 0) is 20.0 Å². The van der Waals surface area contributed by atoms with Crippen LogP contribution in [-0.2, 0) is 11.3 Å². The minimum absolute atomic E-state index is 0. The van der Waals surface area contributed by atoms with Gasteiger partial charge in [0.15, 0.2) is 0 Å². The standard InChI is InChI=1S/C11H16N4O4.ClH/c1-12-5-2-6-13-10(16)8-14-7-9(15(18)19)3-4-11(14)17;/h3-4,7,12H,2,5-6,8H2,1H3,(H,13,16);1H. The Morgan fingerprint density at radius 3 is 2.70 bits per heavy atom. The highest BCUT2D eigenvalue weighted by molar-refractivity contribution is 5.85. The molecule has 1 aromatic heterocycles. The number of nitrogens with zero attached hydrogens (tertiary/aromatic N) is 2. The first-order valence-corrected chi connectivity index (χ1v) is 5.81. The normalized spacial score (nSPS) is 9.65. The zero-order chi connectivity index (χ0) is 14.3. The van der Waals surface area contributed by atoms with Gasteiger partial charge in [-0.2, -0.15) is 0 Å². The van der Waals surface area contributed by atoms with E-state index >= 15 is 0 Å².